The van der Waals surface area contributed by atoms with Gasteiger partial charge in [0.15, 0.2) is 6.79 Å². The first kappa shape index (κ1) is 29.3. The van der Waals surface area contributed by atoms with Gasteiger partial charge in [0.2, 0.25) is 5.91 Å². The van der Waals surface area contributed by atoms with Crippen molar-refractivity contribution in [3.8, 4) is 5.75 Å². The topological polar surface area (TPSA) is 109 Å². The maximum atomic E-state index is 14.5. The summed E-state index contributed by atoms with van der Waals surface area (Å²) in [5.41, 5.74) is 1.09. The number of imide groups is 1. The Hall–Kier alpha value is -2.27. The molecule has 0 radical (unpaired) electrons. The third kappa shape index (κ3) is 9.21. The van der Waals surface area contributed by atoms with Crippen LogP contribution in [0.15, 0.2) is 48.5 Å². The highest BCUT2D eigenvalue weighted by molar-refractivity contribution is 8.15. The maximum Gasteiger partial charge on any atom is 0.477 e. The van der Waals surface area contributed by atoms with Crippen molar-refractivity contribution in [2.24, 2.45) is 0 Å². The Kier molecular flexibility index (Phi) is 10.7. The number of amides is 2. The molecule has 1 fully saturated rings. The molecule has 3 rings (SSSR count). The standard InChI is InChI=1S/C25H31FNO8PS/c1-16(2)34-36(30,35-17(3)4)33-15-32-22(20-7-5-6-8-21(20)26)14-31-19-11-9-18(10-12-19)13-23-24(28)27-25(29)37-23/h5-12,16-17,22-23H,13-15H2,1-4H3,(H,27,28,29). The zero-order valence-electron chi connectivity index (χ0n) is 21.0. The summed E-state index contributed by atoms with van der Waals surface area (Å²) < 4.78 is 55.0. The van der Waals surface area contributed by atoms with E-state index in [0.717, 1.165) is 17.3 Å². The smallest absolute Gasteiger partial charge is 0.477 e. The summed E-state index contributed by atoms with van der Waals surface area (Å²) in [5, 5.41) is 1.46. The quantitative estimate of drug-likeness (QED) is 0.229. The van der Waals surface area contributed by atoms with E-state index < -0.39 is 44.0 Å². The van der Waals surface area contributed by atoms with Crippen LogP contribution in [0.3, 0.4) is 0 Å². The van der Waals surface area contributed by atoms with Crippen LogP contribution in [0.1, 0.15) is 44.9 Å². The molecule has 0 spiro atoms. The average Bonchev–Trinajstić information content (AvgIpc) is 3.12. The Morgan fingerprint density at radius 3 is 2.22 bits per heavy atom. The molecule has 9 nitrogen and oxygen atoms in total. The first-order valence-corrected chi connectivity index (χ1v) is 14.1. The fraction of sp³-hybridized carbons (Fsp3) is 0.440. The minimum absolute atomic E-state index is 0.0700. The molecule has 2 unspecified atom stereocenters. The van der Waals surface area contributed by atoms with Crippen molar-refractivity contribution >= 4 is 30.7 Å². The number of carbonyl (C=O) groups is 2. The van der Waals surface area contributed by atoms with E-state index in [4.69, 9.17) is 23.0 Å². The van der Waals surface area contributed by atoms with Gasteiger partial charge in [-0.2, -0.15) is 0 Å². The van der Waals surface area contributed by atoms with Gasteiger partial charge in [-0.15, -0.1) is 0 Å². The highest BCUT2D eigenvalue weighted by Gasteiger charge is 2.32. The lowest BCUT2D eigenvalue weighted by molar-refractivity contribution is -0.118. The van der Waals surface area contributed by atoms with Gasteiger partial charge in [0.05, 0.1) is 17.5 Å². The van der Waals surface area contributed by atoms with Crippen LogP contribution in [0.25, 0.3) is 0 Å². The summed E-state index contributed by atoms with van der Waals surface area (Å²) >= 11 is 0.969. The molecule has 12 heteroatoms. The van der Waals surface area contributed by atoms with Gasteiger partial charge in [-0.25, -0.2) is 8.96 Å². The van der Waals surface area contributed by atoms with E-state index in [9.17, 15) is 18.5 Å². The number of benzene rings is 2. The normalized spacial score (nSPS) is 16.9. The zero-order valence-corrected chi connectivity index (χ0v) is 22.8. The molecule has 37 heavy (non-hydrogen) atoms. The molecule has 1 N–H and O–H groups in total. The molecule has 1 saturated heterocycles. The molecule has 0 aliphatic carbocycles. The fourth-order valence-electron chi connectivity index (χ4n) is 3.38. The number of halogens is 1. The van der Waals surface area contributed by atoms with Gasteiger partial charge in [-0.3, -0.25) is 28.5 Å². The van der Waals surface area contributed by atoms with Crippen LogP contribution >= 0.6 is 19.6 Å². The van der Waals surface area contributed by atoms with Crippen molar-refractivity contribution in [2.75, 3.05) is 13.4 Å². The minimum atomic E-state index is -3.91. The van der Waals surface area contributed by atoms with E-state index in [1.54, 1.807) is 70.2 Å². The van der Waals surface area contributed by atoms with Gasteiger partial charge in [-0.05, 0) is 57.9 Å². The van der Waals surface area contributed by atoms with Crippen molar-refractivity contribution in [1.29, 1.82) is 0 Å². The molecule has 0 bridgehead atoms. The van der Waals surface area contributed by atoms with Crippen LogP contribution in [0.4, 0.5) is 9.18 Å². The summed E-state index contributed by atoms with van der Waals surface area (Å²) in [6, 6.07) is 13.1. The second-order valence-corrected chi connectivity index (χ2v) is 11.5. The predicted octanol–water partition coefficient (Wildman–Crippen LogP) is 5.79. The Morgan fingerprint density at radius 2 is 1.65 bits per heavy atom. The van der Waals surface area contributed by atoms with Crippen molar-refractivity contribution in [3.63, 3.8) is 0 Å². The third-order valence-corrected chi connectivity index (χ3v) is 7.69. The van der Waals surface area contributed by atoms with Crippen LogP contribution < -0.4 is 10.1 Å². The summed E-state index contributed by atoms with van der Waals surface area (Å²) in [6.07, 6.45) is -1.32. The molecule has 1 heterocycles. The van der Waals surface area contributed by atoms with Crippen molar-refractivity contribution < 1.29 is 41.6 Å². The van der Waals surface area contributed by atoms with E-state index in [1.807, 2.05) is 0 Å². The van der Waals surface area contributed by atoms with Crippen LogP contribution in [-0.4, -0.2) is 42.0 Å². The van der Waals surface area contributed by atoms with Gasteiger partial charge in [0, 0.05) is 5.56 Å². The van der Waals surface area contributed by atoms with E-state index in [0.29, 0.717) is 12.2 Å². The second-order valence-electron chi connectivity index (χ2n) is 8.72. The Labute approximate surface area is 220 Å². The molecule has 2 amide bonds. The van der Waals surface area contributed by atoms with Crippen LogP contribution in [-0.2, 0) is 34.1 Å². The minimum Gasteiger partial charge on any atom is -0.491 e. The summed E-state index contributed by atoms with van der Waals surface area (Å²) in [4.78, 5) is 23.1. The van der Waals surface area contributed by atoms with Crippen molar-refractivity contribution in [2.45, 2.75) is 57.7 Å². The van der Waals surface area contributed by atoms with E-state index in [-0.39, 0.29) is 23.3 Å². The highest BCUT2D eigenvalue weighted by Crippen LogP contribution is 2.51. The predicted molar refractivity (Wildman–Crippen MR) is 137 cm³/mol. The third-order valence-electron chi connectivity index (χ3n) is 4.92. The van der Waals surface area contributed by atoms with Crippen molar-refractivity contribution in [1.82, 2.24) is 5.32 Å². The molecular formula is C25H31FNO8PS. The first-order chi connectivity index (χ1) is 17.5. The van der Waals surface area contributed by atoms with E-state index >= 15 is 0 Å². The Morgan fingerprint density at radius 1 is 1.00 bits per heavy atom. The molecule has 2 aromatic carbocycles. The van der Waals surface area contributed by atoms with Gasteiger partial charge in [0.1, 0.15) is 24.3 Å². The van der Waals surface area contributed by atoms with Gasteiger partial charge in [0.25, 0.3) is 5.24 Å². The number of phosphoric ester groups is 1. The second kappa shape index (κ2) is 13.5. The molecule has 1 aliphatic heterocycles. The molecule has 2 aromatic rings. The summed E-state index contributed by atoms with van der Waals surface area (Å²) in [6.45, 7) is 6.23. The van der Waals surface area contributed by atoms with Gasteiger partial charge >= 0.3 is 7.82 Å². The monoisotopic (exact) mass is 555 g/mol. The lowest BCUT2D eigenvalue weighted by atomic mass is 10.1. The lowest BCUT2D eigenvalue weighted by Gasteiger charge is -2.24. The molecule has 2 atom stereocenters. The van der Waals surface area contributed by atoms with Crippen LogP contribution in [0.2, 0.25) is 0 Å². The molecular weight excluding hydrogens is 524 g/mol. The average molecular weight is 556 g/mol. The fourth-order valence-corrected chi connectivity index (χ4v) is 5.63. The maximum absolute atomic E-state index is 14.5. The number of phosphoric acid groups is 1. The van der Waals surface area contributed by atoms with Gasteiger partial charge < -0.3 is 9.47 Å². The van der Waals surface area contributed by atoms with Crippen LogP contribution in [0, 0.1) is 5.82 Å². The molecule has 202 valence electrons. The zero-order chi connectivity index (χ0) is 27.0. The summed E-state index contributed by atoms with van der Waals surface area (Å²) in [7, 11) is -3.91. The summed E-state index contributed by atoms with van der Waals surface area (Å²) in [5.74, 6) is -0.302. The number of carbonyl (C=O) groups excluding carboxylic acids is 2. The Bertz CT molecular complexity index is 1100. The molecule has 0 aromatic heterocycles. The number of hydrogen-bond acceptors (Lipinski definition) is 9. The number of rotatable bonds is 14. The van der Waals surface area contributed by atoms with Crippen molar-refractivity contribution in [3.05, 3.63) is 65.5 Å². The first-order valence-electron chi connectivity index (χ1n) is 11.8. The highest BCUT2D eigenvalue weighted by atomic mass is 32.2. The number of thioether (sulfide) groups is 1. The number of hydrogen-bond donors (Lipinski definition) is 1. The SMILES string of the molecule is CC(C)OP(=O)(OCOC(COc1ccc(CC2SC(=O)NC2=O)cc1)c1ccccc1F)OC(C)C. The largest absolute Gasteiger partial charge is 0.491 e. The number of ether oxygens (including phenoxy) is 2. The van der Waals surface area contributed by atoms with E-state index in [1.165, 1.54) is 6.07 Å². The molecule has 0 saturated carbocycles. The van der Waals surface area contributed by atoms with Crippen LogP contribution in [0.5, 0.6) is 5.75 Å². The van der Waals surface area contributed by atoms with E-state index in [2.05, 4.69) is 5.32 Å². The Balaban J connectivity index is 1.63. The van der Waals surface area contributed by atoms with Gasteiger partial charge in [-0.1, -0.05) is 42.1 Å². The molecule has 1 aliphatic rings. The lowest BCUT2D eigenvalue weighted by Crippen LogP contribution is -2.25. The number of nitrogens with one attached hydrogen (secondary N) is 1.